The van der Waals surface area contributed by atoms with E-state index in [4.69, 9.17) is 0 Å². The van der Waals surface area contributed by atoms with E-state index in [-0.39, 0.29) is 34.6 Å². The molecule has 1 aliphatic carbocycles. The lowest BCUT2D eigenvalue weighted by atomic mass is 9.63. The number of hydrogen-bond donors (Lipinski definition) is 1. The summed E-state index contributed by atoms with van der Waals surface area (Å²) in [4.78, 5) is 16.0. The van der Waals surface area contributed by atoms with E-state index in [0.29, 0.717) is 16.9 Å². The van der Waals surface area contributed by atoms with Gasteiger partial charge in [-0.05, 0) is 59.9 Å². The van der Waals surface area contributed by atoms with Crippen LogP contribution in [0, 0.1) is 16.6 Å². The molecule has 0 atom stereocenters. The molecular formula is C26H28F4N2O3. The number of aromatic nitrogens is 2. The Bertz CT molecular complexity index is 1240. The number of nitrogens with zero attached hydrogens (tertiary/aromatic N) is 2. The Morgan fingerprint density at radius 2 is 1.69 bits per heavy atom. The minimum absolute atomic E-state index is 0.00309. The number of halogens is 4. The van der Waals surface area contributed by atoms with Crippen molar-refractivity contribution in [2.75, 3.05) is 0 Å². The maximum absolute atomic E-state index is 15.2. The van der Waals surface area contributed by atoms with Crippen LogP contribution in [0.2, 0.25) is 0 Å². The Hall–Kier alpha value is -3.10. The molecule has 3 aromatic rings. The summed E-state index contributed by atoms with van der Waals surface area (Å²) in [6.45, 7) is 8.79. The second kappa shape index (κ2) is 8.53. The van der Waals surface area contributed by atoms with Crippen molar-refractivity contribution in [1.29, 1.82) is 0 Å². The zero-order valence-corrected chi connectivity index (χ0v) is 20.0. The molecule has 0 bridgehead atoms. The summed E-state index contributed by atoms with van der Waals surface area (Å²) >= 11 is 0. The first-order valence-corrected chi connectivity index (χ1v) is 11.4. The highest BCUT2D eigenvalue weighted by Gasteiger charge is 2.40. The molecular weight excluding hydrogens is 464 g/mol. The molecule has 0 spiro atoms. The highest BCUT2D eigenvalue weighted by Crippen LogP contribution is 2.51. The Balaban J connectivity index is 1.80. The van der Waals surface area contributed by atoms with Gasteiger partial charge in [0.05, 0.1) is 11.1 Å². The number of carbonyl (C=O) groups is 1. The molecule has 1 saturated carbocycles. The van der Waals surface area contributed by atoms with Crippen LogP contribution in [0.15, 0.2) is 36.4 Å². The van der Waals surface area contributed by atoms with E-state index < -0.39 is 23.7 Å². The van der Waals surface area contributed by atoms with Gasteiger partial charge < -0.3 is 14.4 Å². The number of ether oxygens (including phenoxy) is 1. The van der Waals surface area contributed by atoms with Gasteiger partial charge in [-0.3, -0.25) is 0 Å². The molecule has 1 heterocycles. The van der Waals surface area contributed by atoms with Gasteiger partial charge >= 0.3 is 12.3 Å². The summed E-state index contributed by atoms with van der Waals surface area (Å²) < 4.78 is 58.6. The number of alkyl halides is 3. The van der Waals surface area contributed by atoms with Crippen molar-refractivity contribution in [3.8, 4) is 5.75 Å². The van der Waals surface area contributed by atoms with Crippen LogP contribution in [-0.4, -0.2) is 27.0 Å². The molecule has 35 heavy (non-hydrogen) atoms. The van der Waals surface area contributed by atoms with Crippen LogP contribution < -0.4 is 4.74 Å². The van der Waals surface area contributed by atoms with Crippen molar-refractivity contribution in [1.82, 2.24) is 9.55 Å². The third-order valence-corrected chi connectivity index (χ3v) is 6.52. The van der Waals surface area contributed by atoms with Crippen molar-refractivity contribution in [3.05, 3.63) is 59.2 Å². The first kappa shape index (κ1) is 25.0. The zero-order chi connectivity index (χ0) is 25.8. The standard InChI is InChI=1S/C26H28F4N2O3/c1-24(2)12-16(13-25(3,4)14-24)32-19-10-9-18(23(33)34)21(27)22(19)31-20(32)11-15-5-7-17(8-6-15)35-26(28,29)30/h5-10,16H,11-14H2,1-4H3,(H,33,34). The lowest BCUT2D eigenvalue weighted by molar-refractivity contribution is -0.274. The van der Waals surface area contributed by atoms with Gasteiger partial charge in [-0.15, -0.1) is 13.2 Å². The molecule has 9 heteroatoms. The maximum Gasteiger partial charge on any atom is 0.573 e. The summed E-state index contributed by atoms with van der Waals surface area (Å²) in [7, 11) is 0. The number of carboxylic acid groups (broad SMARTS) is 1. The fourth-order valence-electron chi connectivity index (χ4n) is 5.84. The van der Waals surface area contributed by atoms with Crippen molar-refractivity contribution >= 4 is 17.0 Å². The van der Waals surface area contributed by atoms with Gasteiger partial charge in [-0.1, -0.05) is 39.8 Å². The van der Waals surface area contributed by atoms with Crippen LogP contribution in [0.4, 0.5) is 17.6 Å². The topological polar surface area (TPSA) is 64.4 Å². The van der Waals surface area contributed by atoms with E-state index in [1.165, 1.54) is 30.3 Å². The Labute approximate surface area is 200 Å². The Kier molecular flexibility index (Phi) is 6.10. The number of hydrogen-bond acceptors (Lipinski definition) is 3. The maximum atomic E-state index is 15.2. The number of rotatable bonds is 5. The summed E-state index contributed by atoms with van der Waals surface area (Å²) in [6.07, 6.45) is -1.86. The van der Waals surface area contributed by atoms with E-state index in [9.17, 15) is 23.1 Å². The third-order valence-electron chi connectivity index (χ3n) is 6.52. The fourth-order valence-corrected chi connectivity index (χ4v) is 5.84. The summed E-state index contributed by atoms with van der Waals surface area (Å²) in [5, 5.41) is 9.36. The molecule has 2 aromatic carbocycles. The quantitative estimate of drug-likeness (QED) is 0.385. The van der Waals surface area contributed by atoms with Crippen molar-refractivity contribution in [2.45, 2.75) is 65.8 Å². The van der Waals surface area contributed by atoms with E-state index in [0.717, 1.165) is 19.3 Å². The number of fused-ring (bicyclic) bond motifs is 1. The predicted molar refractivity (Wildman–Crippen MR) is 123 cm³/mol. The number of imidazole rings is 1. The second-order valence-corrected chi connectivity index (χ2v) is 10.9. The monoisotopic (exact) mass is 492 g/mol. The molecule has 0 amide bonds. The minimum atomic E-state index is -4.78. The smallest absolute Gasteiger partial charge is 0.478 e. The van der Waals surface area contributed by atoms with E-state index in [2.05, 4.69) is 37.4 Å². The Morgan fingerprint density at radius 1 is 1.09 bits per heavy atom. The van der Waals surface area contributed by atoms with Gasteiger partial charge in [0.1, 0.15) is 17.1 Å². The fraction of sp³-hybridized carbons (Fsp3) is 0.462. The SMILES string of the molecule is CC1(C)CC(n2c(Cc3ccc(OC(F)(F)F)cc3)nc3c(F)c(C(=O)O)ccc32)CC(C)(C)C1. The number of carboxylic acids is 1. The van der Waals surface area contributed by atoms with Gasteiger partial charge in [0, 0.05) is 12.5 Å². The molecule has 0 aliphatic heterocycles. The minimum Gasteiger partial charge on any atom is -0.478 e. The van der Waals surface area contributed by atoms with Crippen LogP contribution >= 0.6 is 0 Å². The molecule has 1 aromatic heterocycles. The first-order valence-electron chi connectivity index (χ1n) is 11.4. The molecule has 0 saturated heterocycles. The molecule has 5 nitrogen and oxygen atoms in total. The summed E-state index contributed by atoms with van der Waals surface area (Å²) in [5.74, 6) is -2.06. The predicted octanol–water partition coefficient (Wildman–Crippen LogP) is 7.14. The lowest BCUT2D eigenvalue weighted by Crippen LogP contribution is -2.35. The average molecular weight is 493 g/mol. The number of benzene rings is 2. The third kappa shape index (κ3) is 5.44. The van der Waals surface area contributed by atoms with E-state index >= 15 is 4.39 Å². The molecule has 1 aliphatic rings. The molecule has 188 valence electrons. The van der Waals surface area contributed by atoms with Crippen LogP contribution in [-0.2, 0) is 6.42 Å². The van der Waals surface area contributed by atoms with Crippen molar-refractivity contribution in [2.24, 2.45) is 10.8 Å². The average Bonchev–Trinajstić information content (AvgIpc) is 3.05. The van der Waals surface area contributed by atoms with Crippen LogP contribution in [0.25, 0.3) is 11.0 Å². The largest absolute Gasteiger partial charge is 0.573 e. The van der Waals surface area contributed by atoms with Gasteiger partial charge in [0.25, 0.3) is 0 Å². The Morgan fingerprint density at radius 3 is 2.23 bits per heavy atom. The highest BCUT2D eigenvalue weighted by atomic mass is 19.4. The number of aromatic carboxylic acids is 1. The molecule has 0 unspecified atom stereocenters. The zero-order valence-electron chi connectivity index (χ0n) is 20.0. The van der Waals surface area contributed by atoms with E-state index in [1.807, 2.05) is 4.57 Å². The first-order chi connectivity index (χ1) is 16.1. The second-order valence-electron chi connectivity index (χ2n) is 10.9. The van der Waals surface area contributed by atoms with Crippen LogP contribution in [0.1, 0.15) is 74.7 Å². The van der Waals surface area contributed by atoms with Gasteiger partial charge in [-0.2, -0.15) is 0 Å². The highest BCUT2D eigenvalue weighted by molar-refractivity contribution is 5.93. The summed E-state index contributed by atoms with van der Waals surface area (Å²) in [6, 6.07) is 8.32. The molecule has 0 radical (unpaired) electrons. The van der Waals surface area contributed by atoms with Gasteiger partial charge in [-0.25, -0.2) is 14.2 Å². The summed E-state index contributed by atoms with van der Waals surface area (Å²) in [5.41, 5.74) is 0.763. The van der Waals surface area contributed by atoms with Crippen molar-refractivity contribution < 1.29 is 32.2 Å². The van der Waals surface area contributed by atoms with E-state index in [1.54, 1.807) is 6.07 Å². The lowest BCUT2D eigenvalue weighted by Gasteiger charge is -2.45. The van der Waals surface area contributed by atoms with Gasteiger partial charge in [0.2, 0.25) is 0 Å². The molecule has 1 fully saturated rings. The normalized spacial score (nSPS) is 18.1. The van der Waals surface area contributed by atoms with Crippen LogP contribution in [0.5, 0.6) is 5.75 Å². The van der Waals surface area contributed by atoms with Crippen LogP contribution in [0.3, 0.4) is 0 Å². The van der Waals surface area contributed by atoms with Gasteiger partial charge in [0.15, 0.2) is 5.82 Å². The molecule has 1 N–H and O–H groups in total. The molecule has 4 rings (SSSR count). The van der Waals surface area contributed by atoms with Crippen molar-refractivity contribution in [3.63, 3.8) is 0 Å².